The van der Waals surface area contributed by atoms with Gasteiger partial charge in [-0.25, -0.2) is 0 Å². The average molecular weight is 178 g/mol. The van der Waals surface area contributed by atoms with Gasteiger partial charge in [-0.15, -0.1) is 0 Å². The molecule has 0 spiro atoms. The minimum Gasteiger partial charge on any atom is -0.292 e. The molecule has 2 rings (SSSR count). The van der Waals surface area contributed by atoms with Crippen LogP contribution in [0.15, 0.2) is 0 Å². The fraction of sp³-hybridized carbons (Fsp3) is 0.700. The highest BCUT2D eigenvalue weighted by Crippen LogP contribution is 2.22. The Morgan fingerprint density at radius 1 is 1.46 bits per heavy atom. The molecule has 2 heterocycles. The van der Waals surface area contributed by atoms with Gasteiger partial charge in [-0.2, -0.15) is 5.10 Å². The van der Waals surface area contributed by atoms with E-state index in [0.29, 0.717) is 0 Å². The molecule has 1 N–H and O–H groups in total. The molecule has 0 unspecified atom stereocenters. The van der Waals surface area contributed by atoms with Crippen LogP contribution in [-0.2, 0) is 13.0 Å². The Morgan fingerprint density at radius 2 is 2.23 bits per heavy atom. The number of hydrogen-bond acceptors (Lipinski definition) is 2. The van der Waals surface area contributed by atoms with Gasteiger partial charge in [-0.3, -0.25) is 10.00 Å². The quantitative estimate of drug-likeness (QED) is 0.650. The van der Waals surface area contributed by atoms with Gasteiger partial charge >= 0.3 is 0 Å². The van der Waals surface area contributed by atoms with Gasteiger partial charge in [0.05, 0.1) is 5.69 Å². The van der Waals surface area contributed by atoms with Crippen LogP contribution >= 0.6 is 0 Å². The maximum absolute atomic E-state index is 3.94. The number of nitrogens with zero attached hydrogens (tertiary/aromatic N) is 2. The second-order valence-corrected chi connectivity index (χ2v) is 4.63. The summed E-state index contributed by atoms with van der Waals surface area (Å²) in [6.45, 7) is 8.84. The zero-order valence-electron chi connectivity index (χ0n) is 8.52. The van der Waals surface area contributed by atoms with Crippen LogP contribution in [0.3, 0.4) is 0 Å². The summed E-state index contributed by atoms with van der Waals surface area (Å²) >= 11 is 0. The Labute approximate surface area is 79.1 Å². The van der Waals surface area contributed by atoms with Crippen LogP contribution in [0.5, 0.6) is 0 Å². The molecule has 71 valence electrons. The molecule has 1 aliphatic rings. The van der Waals surface area contributed by atoms with Crippen molar-refractivity contribution in [2.24, 2.45) is 0 Å². The summed E-state index contributed by atoms with van der Waals surface area (Å²) in [6.07, 6.45) is 4.07. The molecule has 0 amide bonds. The first-order valence-corrected chi connectivity index (χ1v) is 4.76. The molecule has 3 heteroatoms. The molecule has 0 saturated carbocycles. The van der Waals surface area contributed by atoms with Crippen molar-refractivity contribution < 1.29 is 0 Å². The predicted octanol–water partition coefficient (Wildman–Crippen LogP) is 1.37. The molecular formula is C10H16N3. The van der Waals surface area contributed by atoms with Gasteiger partial charge in [0, 0.05) is 24.2 Å². The van der Waals surface area contributed by atoms with Gasteiger partial charge in [0.1, 0.15) is 6.20 Å². The second-order valence-electron chi connectivity index (χ2n) is 4.63. The second kappa shape index (κ2) is 2.84. The third kappa shape index (κ3) is 1.61. The minimum atomic E-state index is 0.253. The van der Waals surface area contributed by atoms with Crippen molar-refractivity contribution in [1.82, 2.24) is 15.1 Å². The van der Waals surface area contributed by atoms with E-state index in [0.717, 1.165) is 19.5 Å². The van der Waals surface area contributed by atoms with E-state index in [2.05, 4.69) is 42.1 Å². The maximum atomic E-state index is 3.94. The van der Waals surface area contributed by atoms with Crippen LogP contribution < -0.4 is 0 Å². The lowest BCUT2D eigenvalue weighted by Gasteiger charge is -2.37. The van der Waals surface area contributed by atoms with Crippen LogP contribution in [-0.4, -0.2) is 27.2 Å². The third-order valence-corrected chi connectivity index (χ3v) is 2.68. The zero-order chi connectivity index (χ0) is 9.47. The van der Waals surface area contributed by atoms with Gasteiger partial charge in [0.2, 0.25) is 0 Å². The van der Waals surface area contributed by atoms with Crippen molar-refractivity contribution >= 4 is 0 Å². The lowest BCUT2D eigenvalue weighted by atomic mass is 10.00. The third-order valence-electron chi connectivity index (χ3n) is 2.68. The number of fused-ring (bicyclic) bond motifs is 1. The summed E-state index contributed by atoms with van der Waals surface area (Å²) in [7, 11) is 0. The first kappa shape index (κ1) is 8.75. The average Bonchev–Trinajstić information content (AvgIpc) is 2.47. The van der Waals surface area contributed by atoms with Crippen molar-refractivity contribution in [3.05, 3.63) is 17.5 Å². The Bertz CT molecular complexity index is 295. The Hall–Kier alpha value is -0.830. The van der Waals surface area contributed by atoms with Crippen LogP contribution in [0.1, 0.15) is 32.0 Å². The van der Waals surface area contributed by atoms with E-state index in [1.165, 1.54) is 11.3 Å². The van der Waals surface area contributed by atoms with E-state index in [9.17, 15) is 0 Å². The van der Waals surface area contributed by atoms with Crippen LogP contribution in [0, 0.1) is 6.20 Å². The van der Waals surface area contributed by atoms with Gasteiger partial charge in [-0.1, -0.05) is 0 Å². The van der Waals surface area contributed by atoms with E-state index in [1.54, 1.807) is 0 Å². The van der Waals surface area contributed by atoms with Gasteiger partial charge < -0.3 is 0 Å². The normalized spacial score (nSPS) is 18.7. The van der Waals surface area contributed by atoms with E-state index in [-0.39, 0.29) is 5.54 Å². The molecule has 0 fully saturated rings. The summed E-state index contributed by atoms with van der Waals surface area (Å²) in [5.74, 6) is 0. The number of aromatic nitrogens is 2. The summed E-state index contributed by atoms with van der Waals surface area (Å²) in [5.41, 5.74) is 2.75. The topological polar surface area (TPSA) is 31.9 Å². The number of hydrogen-bond donors (Lipinski definition) is 1. The molecule has 0 atom stereocenters. The van der Waals surface area contributed by atoms with Gasteiger partial charge in [0.25, 0.3) is 0 Å². The van der Waals surface area contributed by atoms with E-state index in [1.807, 2.05) is 0 Å². The van der Waals surface area contributed by atoms with Crippen LogP contribution in [0.4, 0.5) is 0 Å². The molecule has 0 bridgehead atoms. The first-order valence-electron chi connectivity index (χ1n) is 4.76. The molecule has 1 radical (unpaired) electrons. The highest BCUT2D eigenvalue weighted by atomic mass is 15.2. The van der Waals surface area contributed by atoms with Crippen molar-refractivity contribution in [1.29, 1.82) is 0 Å². The Kier molecular flexibility index (Phi) is 1.91. The smallest absolute Gasteiger partial charge is 0.116 e. The lowest BCUT2D eigenvalue weighted by molar-refractivity contribution is 0.119. The first-order chi connectivity index (χ1) is 6.07. The zero-order valence-corrected chi connectivity index (χ0v) is 8.52. The number of H-pyrrole nitrogens is 1. The Morgan fingerprint density at radius 3 is 2.92 bits per heavy atom. The highest BCUT2D eigenvalue weighted by Gasteiger charge is 2.26. The SMILES string of the molecule is CC(C)(C)N1CCc2[c]n[nH]c2C1. The van der Waals surface area contributed by atoms with E-state index in [4.69, 9.17) is 0 Å². The van der Waals surface area contributed by atoms with E-state index >= 15 is 0 Å². The van der Waals surface area contributed by atoms with Gasteiger partial charge in [0.15, 0.2) is 0 Å². The van der Waals surface area contributed by atoms with Crippen molar-refractivity contribution in [3.8, 4) is 0 Å². The van der Waals surface area contributed by atoms with Crippen molar-refractivity contribution in [2.45, 2.75) is 39.3 Å². The van der Waals surface area contributed by atoms with Crippen molar-refractivity contribution in [3.63, 3.8) is 0 Å². The summed E-state index contributed by atoms with van der Waals surface area (Å²) in [4.78, 5) is 2.46. The molecule has 1 aliphatic heterocycles. The molecule has 13 heavy (non-hydrogen) atoms. The summed E-state index contributed by atoms with van der Waals surface area (Å²) < 4.78 is 0. The number of nitrogens with one attached hydrogen (secondary N) is 1. The molecule has 1 aromatic rings. The highest BCUT2D eigenvalue weighted by molar-refractivity contribution is 5.18. The van der Waals surface area contributed by atoms with Gasteiger partial charge in [-0.05, 0) is 27.2 Å². The summed E-state index contributed by atoms with van der Waals surface area (Å²) in [5, 5.41) is 6.96. The van der Waals surface area contributed by atoms with Crippen molar-refractivity contribution in [2.75, 3.05) is 6.54 Å². The fourth-order valence-corrected chi connectivity index (χ4v) is 1.72. The largest absolute Gasteiger partial charge is 0.292 e. The summed E-state index contributed by atoms with van der Waals surface area (Å²) in [6, 6.07) is 0. The number of aromatic amines is 1. The molecule has 0 saturated heterocycles. The number of rotatable bonds is 0. The molecule has 3 nitrogen and oxygen atoms in total. The molecular weight excluding hydrogens is 162 g/mol. The van der Waals surface area contributed by atoms with Crippen LogP contribution in [0.2, 0.25) is 0 Å². The Balaban J connectivity index is 2.18. The van der Waals surface area contributed by atoms with Crippen LogP contribution in [0.25, 0.3) is 0 Å². The lowest BCUT2D eigenvalue weighted by Crippen LogP contribution is -2.44. The fourth-order valence-electron chi connectivity index (χ4n) is 1.72. The van der Waals surface area contributed by atoms with E-state index < -0.39 is 0 Å². The minimum absolute atomic E-state index is 0.253. The molecule has 1 aromatic heterocycles. The standard InChI is InChI=1S/C10H16N3/c1-10(2,3)13-5-4-8-6-11-12-9(8)7-13/h4-5,7H2,1-3H3,(H,11,12). The maximum Gasteiger partial charge on any atom is 0.116 e. The molecule has 0 aliphatic carbocycles. The monoisotopic (exact) mass is 178 g/mol. The molecule has 0 aromatic carbocycles. The predicted molar refractivity (Wildman–Crippen MR) is 51.3 cm³/mol.